The topological polar surface area (TPSA) is 29.1 Å². The lowest BCUT2D eigenvalue weighted by molar-refractivity contribution is -0.112. The first-order valence-corrected chi connectivity index (χ1v) is 7.75. The van der Waals surface area contributed by atoms with Gasteiger partial charge in [-0.1, -0.05) is 62.4 Å². The van der Waals surface area contributed by atoms with Crippen LogP contribution in [0.4, 0.5) is 5.69 Å². The number of hydrogen-bond donors (Lipinski definition) is 1. The average Bonchev–Trinajstić information content (AvgIpc) is 2.55. The van der Waals surface area contributed by atoms with Gasteiger partial charge < -0.3 is 5.32 Å². The predicted molar refractivity (Wildman–Crippen MR) is 93.9 cm³/mol. The van der Waals surface area contributed by atoms with Gasteiger partial charge in [0.1, 0.15) is 0 Å². The fourth-order valence-electron chi connectivity index (χ4n) is 2.35. The summed E-state index contributed by atoms with van der Waals surface area (Å²) in [6.45, 7) is 6.18. The average molecular weight is 293 g/mol. The van der Waals surface area contributed by atoms with Crippen molar-refractivity contribution in [2.24, 2.45) is 0 Å². The van der Waals surface area contributed by atoms with Crippen LogP contribution in [-0.2, 0) is 4.79 Å². The number of carbonyl (C=O) groups excluding carboxylic acids is 1. The van der Waals surface area contributed by atoms with E-state index >= 15 is 0 Å². The van der Waals surface area contributed by atoms with E-state index < -0.39 is 0 Å². The Kier molecular flexibility index (Phi) is 5.54. The van der Waals surface area contributed by atoms with Crippen LogP contribution in [0.3, 0.4) is 0 Å². The fraction of sp³-hybridized carbons (Fsp3) is 0.250. The lowest BCUT2D eigenvalue weighted by Crippen LogP contribution is -2.14. The predicted octanol–water partition coefficient (Wildman–Crippen LogP) is 5.24. The zero-order valence-corrected chi connectivity index (χ0v) is 13.5. The summed E-state index contributed by atoms with van der Waals surface area (Å²) < 4.78 is 0. The van der Waals surface area contributed by atoms with Gasteiger partial charge in [0.05, 0.1) is 0 Å². The minimum Gasteiger partial charge on any atom is -0.322 e. The summed E-state index contributed by atoms with van der Waals surface area (Å²) in [5.74, 6) is 0.370. The van der Waals surface area contributed by atoms with E-state index in [2.05, 4.69) is 25.2 Å². The molecule has 0 saturated heterocycles. The van der Waals surface area contributed by atoms with Crippen LogP contribution in [0.5, 0.6) is 0 Å². The Balaban J connectivity index is 2.17. The van der Waals surface area contributed by atoms with Crippen molar-refractivity contribution in [1.29, 1.82) is 0 Å². The SMILES string of the molecule is CCC(C)c1ccccc1NC(=O)/C(C)=C/c1ccccc1. The molecule has 2 heteroatoms. The molecule has 22 heavy (non-hydrogen) atoms. The molecule has 0 aromatic heterocycles. The van der Waals surface area contributed by atoms with E-state index in [1.807, 2.05) is 61.5 Å². The minimum atomic E-state index is -0.0559. The van der Waals surface area contributed by atoms with Gasteiger partial charge in [0.25, 0.3) is 5.91 Å². The molecule has 2 rings (SSSR count). The van der Waals surface area contributed by atoms with Crippen molar-refractivity contribution in [3.05, 3.63) is 71.3 Å². The highest BCUT2D eigenvalue weighted by Gasteiger charge is 2.11. The summed E-state index contributed by atoms with van der Waals surface area (Å²) in [6, 6.07) is 17.9. The maximum Gasteiger partial charge on any atom is 0.251 e. The van der Waals surface area contributed by atoms with Crippen LogP contribution in [-0.4, -0.2) is 5.91 Å². The number of hydrogen-bond acceptors (Lipinski definition) is 1. The van der Waals surface area contributed by atoms with Gasteiger partial charge in [0.2, 0.25) is 0 Å². The van der Waals surface area contributed by atoms with Crippen molar-refractivity contribution in [3.63, 3.8) is 0 Å². The van der Waals surface area contributed by atoms with Crippen molar-refractivity contribution in [3.8, 4) is 0 Å². The van der Waals surface area contributed by atoms with Crippen LogP contribution in [0.25, 0.3) is 6.08 Å². The van der Waals surface area contributed by atoms with Crippen LogP contribution in [0, 0.1) is 0 Å². The van der Waals surface area contributed by atoms with E-state index in [0.717, 1.165) is 17.7 Å². The van der Waals surface area contributed by atoms with E-state index in [-0.39, 0.29) is 5.91 Å². The van der Waals surface area contributed by atoms with Crippen molar-refractivity contribution in [2.45, 2.75) is 33.1 Å². The van der Waals surface area contributed by atoms with Gasteiger partial charge in [-0.15, -0.1) is 0 Å². The minimum absolute atomic E-state index is 0.0559. The largest absolute Gasteiger partial charge is 0.322 e. The lowest BCUT2D eigenvalue weighted by Gasteiger charge is -2.15. The molecule has 2 nitrogen and oxygen atoms in total. The first kappa shape index (κ1) is 16.0. The Morgan fingerprint density at radius 2 is 1.73 bits per heavy atom. The molecule has 0 bridgehead atoms. The normalized spacial score (nSPS) is 12.8. The smallest absolute Gasteiger partial charge is 0.251 e. The number of benzene rings is 2. The third-order valence-electron chi connectivity index (χ3n) is 3.89. The van der Waals surface area contributed by atoms with Gasteiger partial charge in [0, 0.05) is 11.3 Å². The summed E-state index contributed by atoms with van der Waals surface area (Å²) in [6.07, 6.45) is 2.95. The third-order valence-corrected chi connectivity index (χ3v) is 3.89. The van der Waals surface area contributed by atoms with E-state index in [0.29, 0.717) is 11.5 Å². The summed E-state index contributed by atoms with van der Waals surface area (Å²) in [4.78, 5) is 12.4. The van der Waals surface area contributed by atoms with E-state index in [1.165, 1.54) is 5.56 Å². The van der Waals surface area contributed by atoms with Crippen LogP contribution in [0.15, 0.2) is 60.2 Å². The summed E-state index contributed by atoms with van der Waals surface area (Å²) in [5, 5.41) is 3.04. The summed E-state index contributed by atoms with van der Waals surface area (Å²) in [7, 11) is 0. The van der Waals surface area contributed by atoms with Crippen LogP contribution >= 0.6 is 0 Å². The van der Waals surface area contributed by atoms with Crippen molar-refractivity contribution < 1.29 is 4.79 Å². The molecule has 0 radical (unpaired) electrons. The molecule has 2 aromatic rings. The van der Waals surface area contributed by atoms with E-state index in [4.69, 9.17) is 0 Å². The van der Waals surface area contributed by atoms with Gasteiger partial charge in [-0.25, -0.2) is 0 Å². The van der Waals surface area contributed by atoms with E-state index in [1.54, 1.807) is 0 Å². The number of rotatable bonds is 5. The van der Waals surface area contributed by atoms with Crippen molar-refractivity contribution >= 4 is 17.7 Å². The van der Waals surface area contributed by atoms with Gasteiger partial charge >= 0.3 is 0 Å². The molecular formula is C20H23NO. The zero-order chi connectivity index (χ0) is 15.9. The standard InChI is InChI=1S/C20H23NO/c1-4-15(2)18-12-8-9-13-19(18)21-20(22)16(3)14-17-10-6-5-7-11-17/h5-15H,4H2,1-3H3,(H,21,22)/b16-14+. The number of carbonyl (C=O) groups is 1. The molecule has 1 amide bonds. The van der Waals surface area contributed by atoms with Crippen molar-refractivity contribution in [1.82, 2.24) is 0 Å². The molecular weight excluding hydrogens is 270 g/mol. The first-order valence-electron chi connectivity index (χ1n) is 7.75. The molecule has 1 N–H and O–H groups in total. The molecule has 0 aliphatic rings. The quantitative estimate of drug-likeness (QED) is 0.750. The highest BCUT2D eigenvalue weighted by Crippen LogP contribution is 2.26. The second kappa shape index (κ2) is 7.60. The molecule has 0 spiro atoms. The number of nitrogens with one attached hydrogen (secondary N) is 1. The van der Waals surface area contributed by atoms with E-state index in [9.17, 15) is 4.79 Å². The highest BCUT2D eigenvalue weighted by molar-refractivity contribution is 6.06. The number of para-hydroxylation sites is 1. The number of amides is 1. The Hall–Kier alpha value is -2.35. The molecule has 0 heterocycles. The Morgan fingerprint density at radius 3 is 2.41 bits per heavy atom. The first-order chi connectivity index (χ1) is 10.6. The Morgan fingerprint density at radius 1 is 1.09 bits per heavy atom. The Bertz CT molecular complexity index is 658. The molecule has 1 unspecified atom stereocenters. The summed E-state index contributed by atoms with van der Waals surface area (Å²) in [5.41, 5.74) is 3.82. The lowest BCUT2D eigenvalue weighted by atomic mass is 9.97. The maximum atomic E-state index is 12.4. The van der Waals surface area contributed by atoms with Crippen LogP contribution in [0.2, 0.25) is 0 Å². The molecule has 0 saturated carbocycles. The highest BCUT2D eigenvalue weighted by atomic mass is 16.1. The maximum absolute atomic E-state index is 12.4. The van der Waals surface area contributed by atoms with Crippen molar-refractivity contribution in [2.75, 3.05) is 5.32 Å². The fourth-order valence-corrected chi connectivity index (χ4v) is 2.35. The van der Waals surface area contributed by atoms with Crippen LogP contribution < -0.4 is 5.32 Å². The second-order valence-corrected chi connectivity index (χ2v) is 5.59. The zero-order valence-electron chi connectivity index (χ0n) is 13.5. The molecule has 1 atom stereocenters. The second-order valence-electron chi connectivity index (χ2n) is 5.59. The monoisotopic (exact) mass is 293 g/mol. The summed E-state index contributed by atoms with van der Waals surface area (Å²) >= 11 is 0. The molecule has 0 aliphatic heterocycles. The van der Waals surface area contributed by atoms with Gasteiger partial charge in [-0.3, -0.25) is 4.79 Å². The third kappa shape index (κ3) is 4.08. The number of anilines is 1. The van der Waals surface area contributed by atoms with Gasteiger partial charge in [-0.05, 0) is 42.5 Å². The molecule has 0 aliphatic carbocycles. The molecule has 114 valence electrons. The van der Waals surface area contributed by atoms with Gasteiger partial charge in [0.15, 0.2) is 0 Å². The Labute approximate surface area is 132 Å². The van der Waals surface area contributed by atoms with Crippen LogP contribution in [0.1, 0.15) is 44.2 Å². The van der Waals surface area contributed by atoms with Gasteiger partial charge in [-0.2, -0.15) is 0 Å². The molecule has 2 aromatic carbocycles. The molecule has 0 fully saturated rings.